The van der Waals surface area contributed by atoms with Crippen LogP contribution in [-0.4, -0.2) is 103 Å². The Balaban J connectivity index is 0.989. The van der Waals surface area contributed by atoms with Gasteiger partial charge in [0.25, 0.3) is 11.5 Å². The normalized spacial score (nSPS) is 19.1. The maximum absolute atomic E-state index is 14.6. The summed E-state index contributed by atoms with van der Waals surface area (Å²) in [6, 6.07) is 16.5. The molecule has 0 unspecified atom stereocenters. The summed E-state index contributed by atoms with van der Waals surface area (Å²) in [6.07, 6.45) is 8.02. The van der Waals surface area contributed by atoms with Crippen molar-refractivity contribution in [2.45, 2.75) is 70.1 Å². The molecule has 1 aliphatic carbocycles. The molecule has 13 nitrogen and oxygen atoms in total. The van der Waals surface area contributed by atoms with Crippen molar-refractivity contribution in [3.05, 3.63) is 111 Å². The van der Waals surface area contributed by atoms with Gasteiger partial charge < -0.3 is 14.8 Å². The van der Waals surface area contributed by atoms with Gasteiger partial charge in [0.05, 0.1) is 23.8 Å². The fourth-order valence-corrected chi connectivity index (χ4v) is 8.32. The molecule has 2 aromatic carbocycles. The molecule has 3 aliphatic rings. The van der Waals surface area contributed by atoms with Gasteiger partial charge in [0.1, 0.15) is 17.3 Å². The summed E-state index contributed by atoms with van der Waals surface area (Å²) in [5, 5.41) is 3.15. The molecule has 1 saturated carbocycles. The molecular weight excluding hydrogens is 714 g/mol. The van der Waals surface area contributed by atoms with Gasteiger partial charge in [-0.1, -0.05) is 36.4 Å². The van der Waals surface area contributed by atoms with Crippen molar-refractivity contribution >= 4 is 22.8 Å². The van der Waals surface area contributed by atoms with Crippen molar-refractivity contribution in [3.63, 3.8) is 0 Å². The largest absolute Gasteiger partial charge is 0.348 e. The minimum atomic E-state index is -0.658. The van der Waals surface area contributed by atoms with Crippen molar-refractivity contribution < 1.29 is 14.0 Å². The van der Waals surface area contributed by atoms with Gasteiger partial charge >= 0.3 is 5.69 Å². The molecule has 56 heavy (non-hydrogen) atoms. The molecule has 0 atom stereocenters. The highest BCUT2D eigenvalue weighted by Crippen LogP contribution is 2.29. The Morgan fingerprint density at radius 3 is 2.38 bits per heavy atom. The smallest absolute Gasteiger partial charge is 0.337 e. The van der Waals surface area contributed by atoms with Crippen LogP contribution in [0, 0.1) is 5.82 Å². The molecule has 5 heterocycles. The summed E-state index contributed by atoms with van der Waals surface area (Å²) >= 11 is 0. The predicted octanol–water partition coefficient (Wildman–Crippen LogP) is 4.01. The number of likely N-dealkylation sites (N-methyl/N-ethyl adjacent to an activating group) is 1. The number of fused-ring (bicyclic) bond motifs is 2. The first-order valence-corrected chi connectivity index (χ1v) is 19.7. The number of hydrogen-bond donors (Lipinski definition) is 1. The van der Waals surface area contributed by atoms with Crippen molar-refractivity contribution in [2.24, 2.45) is 0 Å². The van der Waals surface area contributed by atoms with Crippen molar-refractivity contribution in [1.29, 1.82) is 0 Å². The zero-order valence-corrected chi connectivity index (χ0v) is 32.0. The van der Waals surface area contributed by atoms with Crippen LogP contribution >= 0.6 is 0 Å². The van der Waals surface area contributed by atoms with Gasteiger partial charge in [-0.3, -0.25) is 28.8 Å². The Morgan fingerprint density at radius 2 is 1.64 bits per heavy atom. The first-order valence-electron chi connectivity index (χ1n) is 19.7. The van der Waals surface area contributed by atoms with Crippen LogP contribution in [0.4, 0.5) is 4.39 Å². The van der Waals surface area contributed by atoms with Crippen LogP contribution < -0.4 is 16.6 Å². The predicted molar refractivity (Wildman–Crippen MR) is 211 cm³/mol. The van der Waals surface area contributed by atoms with E-state index in [0.717, 1.165) is 87.7 Å². The van der Waals surface area contributed by atoms with Crippen LogP contribution in [0.2, 0.25) is 0 Å². The Labute approximate surface area is 324 Å². The van der Waals surface area contributed by atoms with Crippen molar-refractivity contribution in [3.8, 4) is 16.8 Å². The monoisotopic (exact) mass is 761 g/mol. The lowest BCUT2D eigenvalue weighted by molar-refractivity contribution is -0.130. The van der Waals surface area contributed by atoms with E-state index in [1.807, 2.05) is 24.4 Å². The van der Waals surface area contributed by atoms with E-state index in [-0.39, 0.29) is 28.9 Å². The molecule has 1 N–H and O–H groups in total. The van der Waals surface area contributed by atoms with Crippen molar-refractivity contribution in [2.75, 3.05) is 46.8 Å². The molecule has 8 rings (SSSR count). The van der Waals surface area contributed by atoms with E-state index in [0.29, 0.717) is 43.6 Å². The Kier molecular flexibility index (Phi) is 10.7. The number of imidazole rings is 1. The van der Waals surface area contributed by atoms with E-state index >= 15 is 0 Å². The molecule has 5 aromatic rings. The summed E-state index contributed by atoms with van der Waals surface area (Å²) in [5.74, 6) is 0.197. The summed E-state index contributed by atoms with van der Waals surface area (Å²) < 4.78 is 19.3. The van der Waals surface area contributed by atoms with Crippen LogP contribution in [0.1, 0.15) is 66.4 Å². The number of aryl methyl sites for hydroxylation is 2. The zero-order chi connectivity index (χ0) is 38.9. The SMILES string of the molecule is CN(C)C(=O)CN1CCN(Cc2ccc(-c3cccc(-n4c(=O)n(C5CCC(NC(=O)c6cn7c(n6)CCCC7)CC5)c(=O)c5cc(F)cnc54)c3)cc2)CC1. The number of hydrogen-bond acceptors (Lipinski definition) is 8. The Bertz CT molecular complexity index is 2350. The second-order valence-electron chi connectivity index (χ2n) is 15.6. The van der Waals surface area contributed by atoms with Gasteiger partial charge in [0.15, 0.2) is 5.65 Å². The minimum Gasteiger partial charge on any atom is -0.348 e. The van der Waals surface area contributed by atoms with Gasteiger partial charge in [-0.2, -0.15) is 0 Å². The van der Waals surface area contributed by atoms with E-state index < -0.39 is 23.1 Å². The van der Waals surface area contributed by atoms with Crippen LogP contribution in [0.15, 0.2) is 76.6 Å². The van der Waals surface area contributed by atoms with Crippen molar-refractivity contribution in [1.82, 2.24) is 43.7 Å². The standard InChI is InChI=1S/C42H48FN9O4/c1-47(2)38(53)27-49-20-18-48(19-21-49)25-28-9-11-29(12-10-28)30-6-5-7-34(22-30)51-39-35(23-31(43)24-44-39)41(55)52(42(51)56)33-15-13-32(14-16-33)45-40(54)36-26-50-17-4-3-8-37(50)46-36/h5-7,9-12,22-24,26,32-33H,3-4,8,13-21,25,27H2,1-2H3,(H,45,54). The number of nitrogens with one attached hydrogen (secondary N) is 1. The molecule has 2 fully saturated rings. The average molecular weight is 762 g/mol. The summed E-state index contributed by atoms with van der Waals surface area (Å²) in [5.41, 5.74) is 2.95. The molecule has 0 bridgehead atoms. The summed E-state index contributed by atoms with van der Waals surface area (Å²) in [4.78, 5) is 68.6. The number of carbonyl (C=O) groups is 2. The van der Waals surface area contributed by atoms with E-state index in [1.165, 1.54) is 14.7 Å². The number of aromatic nitrogens is 5. The van der Waals surface area contributed by atoms with Crippen LogP contribution in [0.25, 0.3) is 27.8 Å². The summed E-state index contributed by atoms with van der Waals surface area (Å²) in [6.45, 7) is 5.60. The third-order valence-corrected chi connectivity index (χ3v) is 11.6. The number of rotatable bonds is 9. The van der Waals surface area contributed by atoms with Gasteiger partial charge in [-0.05, 0) is 73.4 Å². The second kappa shape index (κ2) is 15.9. The highest BCUT2D eigenvalue weighted by molar-refractivity contribution is 5.92. The van der Waals surface area contributed by atoms with E-state index in [4.69, 9.17) is 0 Å². The second-order valence-corrected chi connectivity index (χ2v) is 15.6. The Morgan fingerprint density at radius 1 is 0.893 bits per heavy atom. The molecule has 0 radical (unpaired) electrons. The number of pyridine rings is 1. The molecule has 14 heteroatoms. The molecule has 292 valence electrons. The number of nitrogens with zero attached hydrogens (tertiary/aromatic N) is 8. The van der Waals surface area contributed by atoms with Crippen LogP contribution in [0.3, 0.4) is 0 Å². The molecule has 3 aromatic heterocycles. The van der Waals surface area contributed by atoms with Gasteiger partial charge in [-0.25, -0.2) is 23.7 Å². The Hall–Kier alpha value is -5.47. The lowest BCUT2D eigenvalue weighted by Gasteiger charge is -2.34. The van der Waals surface area contributed by atoms with E-state index in [1.54, 1.807) is 25.1 Å². The van der Waals surface area contributed by atoms with E-state index in [9.17, 15) is 23.6 Å². The number of carbonyl (C=O) groups excluding carboxylic acids is 2. The average Bonchev–Trinajstić information content (AvgIpc) is 3.65. The topological polar surface area (TPSA) is 131 Å². The van der Waals surface area contributed by atoms with Gasteiger partial charge in [0.2, 0.25) is 5.91 Å². The number of benzene rings is 2. The lowest BCUT2D eigenvalue weighted by atomic mass is 9.90. The molecule has 0 spiro atoms. The fraction of sp³-hybridized carbons (Fsp3) is 0.429. The maximum atomic E-state index is 14.6. The number of amides is 2. The number of halogens is 1. The van der Waals surface area contributed by atoms with Crippen LogP contribution in [0.5, 0.6) is 0 Å². The molecule has 1 saturated heterocycles. The third-order valence-electron chi connectivity index (χ3n) is 11.6. The molecule has 2 aliphatic heterocycles. The first kappa shape index (κ1) is 37.5. The lowest BCUT2D eigenvalue weighted by Crippen LogP contribution is -2.48. The highest BCUT2D eigenvalue weighted by atomic mass is 19.1. The van der Waals surface area contributed by atoms with Crippen LogP contribution in [-0.2, 0) is 24.3 Å². The van der Waals surface area contributed by atoms with E-state index in [2.05, 4.69) is 53.9 Å². The minimum absolute atomic E-state index is 0.0312. The maximum Gasteiger partial charge on any atom is 0.337 e. The number of piperazine rings is 1. The quantitative estimate of drug-likeness (QED) is 0.239. The molecular formula is C42H48FN9O4. The highest BCUT2D eigenvalue weighted by Gasteiger charge is 2.29. The zero-order valence-electron chi connectivity index (χ0n) is 32.0. The summed E-state index contributed by atoms with van der Waals surface area (Å²) in [7, 11) is 3.57. The third kappa shape index (κ3) is 7.80. The first-order chi connectivity index (χ1) is 27.1. The van der Waals surface area contributed by atoms with Gasteiger partial charge in [-0.15, -0.1) is 0 Å². The fourth-order valence-electron chi connectivity index (χ4n) is 8.32. The molecule has 2 amide bonds. The van der Waals surface area contributed by atoms with Gasteiger partial charge in [0, 0.05) is 78.1 Å².